The molecule has 2 aliphatic heterocycles. The number of benzene rings is 4. The fourth-order valence-electron chi connectivity index (χ4n) is 7.97. The van der Waals surface area contributed by atoms with Gasteiger partial charge in [-0.3, -0.25) is 0 Å². The molecule has 9 rings (SSSR count). The van der Waals surface area contributed by atoms with Crippen molar-refractivity contribution < 1.29 is 75.6 Å². The van der Waals surface area contributed by atoms with Crippen molar-refractivity contribution in [2.45, 2.75) is 0 Å². The van der Waals surface area contributed by atoms with Crippen LogP contribution in [-0.4, -0.2) is 90.7 Å². The van der Waals surface area contributed by atoms with Crippen molar-refractivity contribution in [3.8, 4) is 67.5 Å². The van der Waals surface area contributed by atoms with Crippen molar-refractivity contribution in [2.24, 2.45) is 0 Å². The molecule has 345 valence electrons. The molecule has 0 atom stereocenters. The third-order valence-corrected chi connectivity index (χ3v) is 10.7. The van der Waals surface area contributed by atoms with E-state index in [4.69, 9.17) is 28.9 Å². The molecule has 0 fully saturated rings. The molecule has 17 heteroatoms. The van der Waals surface area contributed by atoms with Crippen LogP contribution in [0.15, 0.2) is 121 Å². The second-order valence-corrected chi connectivity index (χ2v) is 15.3. The number of aliphatic carboxylic acids is 4. The van der Waals surface area contributed by atoms with Gasteiger partial charge in [0.15, 0.2) is 26.4 Å². The summed E-state index contributed by atoms with van der Waals surface area (Å²) in [6.07, 6.45) is 7.45. The van der Waals surface area contributed by atoms with Crippen molar-refractivity contribution >= 4 is 70.2 Å². The second-order valence-electron chi connectivity index (χ2n) is 15.3. The van der Waals surface area contributed by atoms with E-state index < -0.39 is 50.3 Å². The van der Waals surface area contributed by atoms with E-state index in [9.17, 15) is 39.6 Å². The first-order valence-corrected chi connectivity index (χ1v) is 20.9. The fourth-order valence-corrected chi connectivity index (χ4v) is 7.97. The Kier molecular flexibility index (Phi) is 13.7. The number of carboxylic acids is 4. The standard InChI is InChI=1S/C52H38N4O12.Mn/c57-45(58)25-65-33-9-1-5-29(21-33)49-37-13-15-39(53-37)50(30-6-2-10-34(22-30)66-26-46(59)60)41-17-19-43(55-41)52(32-8-4-12-36(24-32)68-28-48(63)64)44-20-18-42(56-44)51(40-16-14-38(49)54-40)31-7-3-11-35(23-31)67-27-47(61)62;/h1-24,53,56H,25-28H2,(H,57,58)(H,59,60)(H,61,62)(H,63,64);. The number of nitrogens with zero attached hydrogens (tertiary/aromatic N) is 2. The average molecular weight is 966 g/mol. The van der Waals surface area contributed by atoms with Crippen molar-refractivity contribution in [1.29, 1.82) is 0 Å². The number of ether oxygens (including phenoxy) is 4. The normalized spacial score (nSPS) is 11.4. The molecular weight excluding hydrogens is 928 g/mol. The van der Waals surface area contributed by atoms with Crippen LogP contribution in [0.5, 0.6) is 23.0 Å². The fraction of sp³-hybridized carbons (Fsp3) is 0.0769. The number of carbonyl (C=O) groups is 4. The van der Waals surface area contributed by atoms with E-state index in [0.29, 0.717) is 112 Å². The molecule has 0 unspecified atom stereocenters. The van der Waals surface area contributed by atoms with E-state index in [-0.39, 0.29) is 17.1 Å². The first-order valence-electron chi connectivity index (χ1n) is 20.9. The maximum absolute atomic E-state index is 11.5. The monoisotopic (exact) mass is 965 g/mol. The van der Waals surface area contributed by atoms with Gasteiger partial charge >= 0.3 is 23.9 Å². The first-order chi connectivity index (χ1) is 32.9. The van der Waals surface area contributed by atoms with Gasteiger partial charge in [0, 0.05) is 61.4 Å². The van der Waals surface area contributed by atoms with Crippen LogP contribution in [0.1, 0.15) is 22.8 Å². The summed E-state index contributed by atoms with van der Waals surface area (Å²) >= 11 is 0. The molecule has 0 saturated carbocycles. The number of H-pyrrole nitrogens is 2. The number of nitrogens with one attached hydrogen (secondary N) is 2. The molecule has 0 aliphatic carbocycles. The predicted molar refractivity (Wildman–Crippen MR) is 253 cm³/mol. The minimum absolute atomic E-state index is 0. The Balaban J connectivity index is 0.00000642. The molecule has 16 nitrogen and oxygen atoms in total. The maximum atomic E-state index is 11.5. The van der Waals surface area contributed by atoms with Crippen LogP contribution in [0.3, 0.4) is 0 Å². The van der Waals surface area contributed by atoms with E-state index >= 15 is 0 Å². The van der Waals surface area contributed by atoms with Gasteiger partial charge in [0.2, 0.25) is 0 Å². The Morgan fingerprint density at radius 1 is 0.377 bits per heavy atom. The van der Waals surface area contributed by atoms with Gasteiger partial charge in [-0.2, -0.15) is 0 Å². The summed E-state index contributed by atoms with van der Waals surface area (Å²) in [5.74, 6) is -3.27. The molecule has 8 bridgehead atoms. The van der Waals surface area contributed by atoms with Crippen molar-refractivity contribution in [1.82, 2.24) is 19.9 Å². The molecule has 69 heavy (non-hydrogen) atoms. The van der Waals surface area contributed by atoms with E-state index in [1.807, 2.05) is 72.8 Å². The summed E-state index contributed by atoms with van der Waals surface area (Å²) in [6.45, 7) is -2.22. The van der Waals surface area contributed by atoms with Crippen LogP contribution < -0.4 is 18.9 Å². The summed E-state index contributed by atoms with van der Waals surface area (Å²) in [4.78, 5) is 63.7. The number of hydrogen-bond acceptors (Lipinski definition) is 10. The third kappa shape index (κ3) is 10.5. The zero-order valence-electron chi connectivity index (χ0n) is 36.0. The molecule has 6 N–H and O–H groups in total. The van der Waals surface area contributed by atoms with Crippen molar-refractivity contribution in [2.75, 3.05) is 26.4 Å². The van der Waals surface area contributed by atoms with E-state index in [1.165, 1.54) is 0 Å². The van der Waals surface area contributed by atoms with E-state index in [2.05, 4.69) is 9.97 Å². The van der Waals surface area contributed by atoms with Crippen LogP contribution in [0.25, 0.3) is 90.9 Å². The number of aromatic amines is 2. The van der Waals surface area contributed by atoms with Gasteiger partial charge in [0.05, 0.1) is 22.8 Å². The number of carboxylic acid groups (broad SMARTS) is 4. The largest absolute Gasteiger partial charge is 0.482 e. The summed E-state index contributed by atoms with van der Waals surface area (Å²) in [7, 11) is 0. The second kappa shape index (κ2) is 20.3. The number of rotatable bonds is 16. The molecule has 0 spiro atoms. The number of hydrogen-bond donors (Lipinski definition) is 6. The minimum Gasteiger partial charge on any atom is -0.482 e. The van der Waals surface area contributed by atoms with E-state index in [1.54, 1.807) is 72.8 Å². The van der Waals surface area contributed by atoms with E-state index in [0.717, 1.165) is 0 Å². The van der Waals surface area contributed by atoms with Gasteiger partial charge in [-0.05, 0) is 119 Å². The number of fused-ring (bicyclic) bond motifs is 8. The topological polar surface area (TPSA) is 243 Å². The van der Waals surface area contributed by atoms with Crippen LogP contribution in [0, 0.1) is 0 Å². The van der Waals surface area contributed by atoms with Gasteiger partial charge in [-0.15, -0.1) is 0 Å². The summed E-state index contributed by atoms with van der Waals surface area (Å²) in [6, 6.07) is 35.6. The molecule has 2 aliphatic rings. The predicted octanol–water partition coefficient (Wildman–Crippen LogP) is 9.17. The molecule has 7 aromatic rings. The van der Waals surface area contributed by atoms with Crippen molar-refractivity contribution in [3.63, 3.8) is 0 Å². The van der Waals surface area contributed by atoms with Gasteiger partial charge in [0.1, 0.15) is 23.0 Å². The van der Waals surface area contributed by atoms with Crippen LogP contribution >= 0.6 is 0 Å². The molecular formula is C52H38MnN4O12. The molecule has 3 aromatic heterocycles. The van der Waals surface area contributed by atoms with Crippen molar-refractivity contribution in [3.05, 3.63) is 144 Å². The SMILES string of the molecule is O=C(O)COc1cccc(-c2c3nc(c(-c4cccc(OCC(=O)O)c4)c4ccc([nH]4)c(-c4cccc(OCC(=O)O)c4)c4nc(c(-c5cccc(OCC(=O)O)c5)c5ccc2[nH]5)C=C4)C=C3)c1.[Mn]. The average Bonchev–Trinajstić information content (AvgIpc) is 4.18. The summed E-state index contributed by atoms with van der Waals surface area (Å²) < 4.78 is 22.5. The smallest absolute Gasteiger partial charge is 0.341 e. The molecule has 1 radical (unpaired) electrons. The molecule has 0 saturated heterocycles. The molecule has 4 aromatic carbocycles. The van der Waals surface area contributed by atoms with Crippen LogP contribution in [0.2, 0.25) is 0 Å². The Morgan fingerprint density at radius 3 is 0.826 bits per heavy atom. The van der Waals surface area contributed by atoms with Gasteiger partial charge in [-0.25, -0.2) is 29.1 Å². The number of aromatic nitrogens is 4. The Morgan fingerprint density at radius 2 is 0.609 bits per heavy atom. The van der Waals surface area contributed by atoms with Gasteiger partial charge in [0.25, 0.3) is 0 Å². The molecule has 5 heterocycles. The Labute approximate surface area is 402 Å². The van der Waals surface area contributed by atoms with Gasteiger partial charge < -0.3 is 49.3 Å². The zero-order valence-corrected chi connectivity index (χ0v) is 37.2. The van der Waals surface area contributed by atoms with Crippen LogP contribution in [-0.2, 0) is 36.2 Å². The quantitative estimate of drug-likeness (QED) is 0.0495. The third-order valence-electron chi connectivity index (χ3n) is 10.7. The molecule has 0 amide bonds. The Hall–Kier alpha value is -8.92. The minimum atomic E-state index is -1.13. The van der Waals surface area contributed by atoms with Gasteiger partial charge in [-0.1, -0.05) is 48.5 Å². The summed E-state index contributed by atoms with van der Waals surface area (Å²) in [5.41, 5.74) is 9.72. The first kappa shape index (κ1) is 46.6. The zero-order chi connectivity index (χ0) is 47.3. The maximum Gasteiger partial charge on any atom is 0.341 e. The Bertz CT molecular complexity index is 2980. The van der Waals surface area contributed by atoms with Crippen LogP contribution in [0.4, 0.5) is 0 Å². The summed E-state index contributed by atoms with van der Waals surface area (Å²) in [5, 5.41) is 37.6.